The number of anilines is 1. The Morgan fingerprint density at radius 2 is 1.73 bits per heavy atom. The number of alkyl halides is 6. The lowest BCUT2D eigenvalue weighted by molar-refractivity contribution is -0.141. The van der Waals surface area contributed by atoms with Crippen LogP contribution in [0.2, 0.25) is 0 Å². The molecule has 0 spiro atoms. The highest BCUT2D eigenvalue weighted by Crippen LogP contribution is 2.37. The first kappa shape index (κ1) is 22.7. The van der Waals surface area contributed by atoms with Crippen LogP contribution in [0.3, 0.4) is 0 Å². The molecule has 13 heteroatoms. The molecule has 0 saturated carbocycles. The van der Waals surface area contributed by atoms with Crippen LogP contribution in [0.15, 0.2) is 40.4 Å². The number of hydrogen-bond donors (Lipinski definition) is 0. The maximum absolute atomic E-state index is 13.2. The van der Waals surface area contributed by atoms with Crippen LogP contribution >= 0.6 is 11.8 Å². The molecule has 0 amide bonds. The zero-order valence-corrected chi connectivity index (χ0v) is 17.0. The summed E-state index contributed by atoms with van der Waals surface area (Å²) in [5, 5.41) is -1.36. The maximum Gasteiger partial charge on any atom is 0.433 e. The fourth-order valence-electron chi connectivity index (χ4n) is 3.13. The van der Waals surface area contributed by atoms with Gasteiger partial charge in [-0.25, -0.2) is 18.4 Å². The zero-order chi connectivity index (χ0) is 22.3. The van der Waals surface area contributed by atoms with Gasteiger partial charge < -0.3 is 4.90 Å². The van der Waals surface area contributed by atoms with Gasteiger partial charge in [-0.15, -0.1) is 0 Å². The highest BCUT2D eigenvalue weighted by molar-refractivity contribution is 7.98. The quantitative estimate of drug-likeness (QED) is 0.377. The monoisotopic (exact) mass is 471 g/mol. The topological polar surface area (TPSA) is 63.2 Å². The van der Waals surface area contributed by atoms with Crippen LogP contribution in [0.25, 0.3) is 0 Å². The van der Waals surface area contributed by atoms with E-state index in [9.17, 15) is 34.8 Å². The van der Waals surface area contributed by atoms with Crippen molar-refractivity contribution in [1.82, 2.24) is 9.97 Å². The summed E-state index contributed by atoms with van der Waals surface area (Å²) in [6, 6.07) is 4.56. The number of rotatable bonds is 4. The third kappa shape index (κ3) is 4.51. The van der Waals surface area contributed by atoms with E-state index in [1.807, 2.05) is 0 Å². The Balaban J connectivity index is 1.93. The molecule has 0 radical (unpaired) electrons. The van der Waals surface area contributed by atoms with Crippen molar-refractivity contribution in [3.05, 3.63) is 41.6 Å². The molecule has 0 unspecified atom stereocenters. The molecule has 2 heterocycles. The Morgan fingerprint density at radius 1 is 1.07 bits per heavy atom. The summed E-state index contributed by atoms with van der Waals surface area (Å²) in [5.41, 5.74) is -2.44. The Bertz CT molecular complexity index is 1040. The third-order valence-electron chi connectivity index (χ3n) is 4.57. The SMILES string of the molecule is CSc1nc(N2CC[C@H](S(=O)(=O)c3ccccc3C(F)(F)F)C2)cc(C(F)(F)F)n1. The van der Waals surface area contributed by atoms with Crippen LogP contribution in [-0.4, -0.2) is 43.0 Å². The molecule has 1 atom stereocenters. The van der Waals surface area contributed by atoms with Gasteiger partial charge in [0.05, 0.1) is 15.7 Å². The number of sulfone groups is 1. The second kappa shape index (κ2) is 7.91. The molecule has 30 heavy (non-hydrogen) atoms. The van der Waals surface area contributed by atoms with Gasteiger partial charge in [0.15, 0.2) is 20.7 Å². The minimum atomic E-state index is -4.86. The molecule has 1 aliphatic heterocycles. The van der Waals surface area contributed by atoms with Gasteiger partial charge in [-0.3, -0.25) is 0 Å². The summed E-state index contributed by atoms with van der Waals surface area (Å²) >= 11 is 0.888. The lowest BCUT2D eigenvalue weighted by Crippen LogP contribution is -2.29. The van der Waals surface area contributed by atoms with Gasteiger partial charge in [0.1, 0.15) is 5.82 Å². The van der Waals surface area contributed by atoms with E-state index >= 15 is 0 Å². The molecule has 3 rings (SSSR count). The largest absolute Gasteiger partial charge is 0.433 e. The Morgan fingerprint density at radius 3 is 2.33 bits per heavy atom. The standard InChI is InChI=1S/C17H15F6N3O2S2/c1-29-15-24-13(17(21,22)23)8-14(25-15)26-7-6-10(9-26)30(27,28)12-5-3-2-4-11(12)16(18,19)20/h2-5,8,10H,6-7,9H2,1H3/t10-/m0/s1. The normalized spacial score (nSPS) is 18.1. The number of halogens is 6. The summed E-state index contributed by atoms with van der Waals surface area (Å²) in [6.07, 6.45) is -8.14. The summed E-state index contributed by atoms with van der Waals surface area (Å²) in [6.45, 7) is -0.253. The van der Waals surface area contributed by atoms with Crippen molar-refractivity contribution < 1.29 is 34.8 Å². The van der Waals surface area contributed by atoms with Gasteiger partial charge in [0, 0.05) is 19.2 Å². The summed E-state index contributed by atoms with van der Waals surface area (Å²) in [4.78, 5) is 7.88. The molecular formula is C17H15F6N3O2S2. The number of hydrogen-bond acceptors (Lipinski definition) is 6. The first-order valence-corrected chi connectivity index (χ1v) is 11.3. The number of thioether (sulfide) groups is 1. The van der Waals surface area contributed by atoms with Gasteiger partial charge in [0.25, 0.3) is 0 Å². The molecular weight excluding hydrogens is 456 g/mol. The molecule has 1 aliphatic rings. The van der Waals surface area contributed by atoms with E-state index in [2.05, 4.69) is 9.97 Å². The molecule has 0 aliphatic carbocycles. The minimum Gasteiger partial charge on any atom is -0.355 e. The van der Waals surface area contributed by atoms with Gasteiger partial charge in [-0.2, -0.15) is 26.3 Å². The van der Waals surface area contributed by atoms with Gasteiger partial charge in [-0.05, 0) is 24.8 Å². The van der Waals surface area contributed by atoms with Crippen molar-refractivity contribution in [2.75, 3.05) is 24.2 Å². The first-order chi connectivity index (χ1) is 13.8. The van der Waals surface area contributed by atoms with E-state index in [0.29, 0.717) is 12.1 Å². The van der Waals surface area contributed by atoms with Crippen LogP contribution < -0.4 is 4.90 Å². The molecule has 2 aromatic rings. The van der Waals surface area contributed by atoms with Gasteiger partial charge in [-0.1, -0.05) is 23.9 Å². The fourth-order valence-corrected chi connectivity index (χ4v) is 5.41. The van der Waals surface area contributed by atoms with Crippen molar-refractivity contribution in [3.8, 4) is 0 Å². The first-order valence-electron chi connectivity index (χ1n) is 8.49. The molecule has 5 nitrogen and oxygen atoms in total. The van der Waals surface area contributed by atoms with Crippen LogP contribution in [0.4, 0.5) is 32.2 Å². The lowest BCUT2D eigenvalue weighted by Gasteiger charge is -2.20. The number of aromatic nitrogens is 2. The van der Waals surface area contributed by atoms with Crippen molar-refractivity contribution in [1.29, 1.82) is 0 Å². The summed E-state index contributed by atoms with van der Waals surface area (Å²) in [5.74, 6) is -0.122. The summed E-state index contributed by atoms with van der Waals surface area (Å²) in [7, 11) is -4.38. The van der Waals surface area contributed by atoms with Crippen molar-refractivity contribution in [2.45, 2.75) is 34.1 Å². The molecule has 1 aromatic heterocycles. The zero-order valence-electron chi connectivity index (χ0n) is 15.3. The minimum absolute atomic E-state index is 0.0280. The van der Waals surface area contributed by atoms with Crippen molar-refractivity contribution in [2.24, 2.45) is 0 Å². The molecule has 0 bridgehead atoms. The average Bonchev–Trinajstić information content (AvgIpc) is 3.17. The van der Waals surface area contributed by atoms with E-state index in [4.69, 9.17) is 0 Å². The predicted octanol–water partition coefficient (Wildman–Crippen LogP) is 4.29. The lowest BCUT2D eigenvalue weighted by atomic mass is 10.2. The van der Waals surface area contributed by atoms with Crippen LogP contribution in [-0.2, 0) is 22.2 Å². The van der Waals surface area contributed by atoms with Crippen molar-refractivity contribution in [3.63, 3.8) is 0 Å². The molecule has 1 fully saturated rings. The van der Waals surface area contributed by atoms with Crippen LogP contribution in [0.1, 0.15) is 17.7 Å². The van der Waals surface area contributed by atoms with Crippen LogP contribution in [0.5, 0.6) is 0 Å². The Labute approximate surface area is 172 Å². The highest BCUT2D eigenvalue weighted by Gasteiger charge is 2.42. The average molecular weight is 471 g/mol. The Kier molecular flexibility index (Phi) is 5.98. The smallest absolute Gasteiger partial charge is 0.355 e. The third-order valence-corrected chi connectivity index (χ3v) is 7.35. The van der Waals surface area contributed by atoms with E-state index in [0.717, 1.165) is 23.9 Å². The number of benzene rings is 1. The second-order valence-corrected chi connectivity index (χ2v) is 9.46. The van der Waals surface area contributed by atoms with Gasteiger partial charge >= 0.3 is 12.4 Å². The van der Waals surface area contributed by atoms with E-state index in [-0.39, 0.29) is 30.5 Å². The molecule has 164 valence electrons. The molecule has 0 N–H and O–H groups in total. The van der Waals surface area contributed by atoms with Crippen molar-refractivity contribution >= 4 is 27.4 Å². The predicted molar refractivity (Wildman–Crippen MR) is 98.1 cm³/mol. The number of nitrogens with zero attached hydrogens (tertiary/aromatic N) is 3. The molecule has 1 saturated heterocycles. The Hall–Kier alpha value is -2.02. The highest BCUT2D eigenvalue weighted by atomic mass is 32.2. The summed E-state index contributed by atoms with van der Waals surface area (Å²) < 4.78 is 105. The molecule has 1 aromatic carbocycles. The van der Waals surface area contributed by atoms with E-state index < -0.39 is 43.6 Å². The van der Waals surface area contributed by atoms with E-state index in [1.54, 1.807) is 0 Å². The maximum atomic E-state index is 13.2. The second-order valence-electron chi connectivity index (χ2n) is 6.49. The van der Waals surface area contributed by atoms with Crippen LogP contribution in [0, 0.1) is 0 Å². The van der Waals surface area contributed by atoms with Gasteiger partial charge in [0.2, 0.25) is 0 Å². The fraction of sp³-hybridized carbons (Fsp3) is 0.412. The van der Waals surface area contributed by atoms with E-state index in [1.165, 1.54) is 17.2 Å².